The van der Waals surface area contributed by atoms with Crippen LogP contribution in [0.25, 0.3) is 28.1 Å². The second-order valence-corrected chi connectivity index (χ2v) is 4.51. The molecule has 18 heavy (non-hydrogen) atoms. The number of aryl methyl sites for hydroxylation is 2. The van der Waals surface area contributed by atoms with Gasteiger partial charge in [0.2, 0.25) is 0 Å². The molecule has 0 aliphatic heterocycles. The van der Waals surface area contributed by atoms with E-state index in [1.54, 1.807) is 0 Å². The summed E-state index contributed by atoms with van der Waals surface area (Å²) in [5.74, 6) is 0. The Hall–Kier alpha value is -2.08. The molecule has 90 valence electrons. The number of rotatable bonds is 0. The molecule has 0 radical (unpaired) electrons. The predicted molar refractivity (Wildman–Crippen MR) is 82.9 cm³/mol. The number of hydrogen-bond donors (Lipinski definition) is 0. The largest absolute Gasteiger partial charge is 0.106 e. The minimum Gasteiger partial charge on any atom is -0.106 e. The molecular weight excluding hydrogens is 216 g/mol. The summed E-state index contributed by atoms with van der Waals surface area (Å²) in [6.45, 7) is 14.5. The van der Waals surface area contributed by atoms with E-state index in [9.17, 15) is 0 Å². The maximum atomic E-state index is 4.14. The molecule has 0 aromatic heterocycles. The fraction of sp³-hybridized carbons (Fsp3) is 0.111. The van der Waals surface area contributed by atoms with Crippen molar-refractivity contribution in [2.45, 2.75) is 13.8 Å². The molecular formula is C18H18. The summed E-state index contributed by atoms with van der Waals surface area (Å²) >= 11 is 0. The first-order chi connectivity index (χ1) is 8.68. The first-order valence-corrected chi connectivity index (χ1v) is 6.09. The fourth-order valence-corrected chi connectivity index (χ4v) is 2.55. The van der Waals surface area contributed by atoms with Gasteiger partial charge in [-0.15, -0.1) is 13.2 Å². The van der Waals surface area contributed by atoms with Gasteiger partial charge in [0, 0.05) is 0 Å². The van der Waals surface area contributed by atoms with Crippen LogP contribution in [0.4, 0.5) is 0 Å². The van der Waals surface area contributed by atoms with Crippen LogP contribution in [0, 0.1) is 13.8 Å². The molecule has 0 unspecified atom stereocenters. The quantitative estimate of drug-likeness (QED) is 0.501. The molecule has 0 fully saturated rings. The van der Waals surface area contributed by atoms with Gasteiger partial charge in [0.05, 0.1) is 0 Å². The second kappa shape index (κ2) is 4.66. The summed E-state index contributed by atoms with van der Waals surface area (Å²) in [5, 5.41) is 6.47. The molecule has 3 aromatic rings. The van der Waals surface area contributed by atoms with Crippen molar-refractivity contribution in [2.75, 3.05) is 0 Å². The Kier molecular flexibility index (Phi) is 3.20. The smallest absolute Gasteiger partial charge is 0.00277 e. The van der Waals surface area contributed by atoms with Gasteiger partial charge in [-0.1, -0.05) is 43.0 Å². The molecule has 0 atom stereocenters. The van der Waals surface area contributed by atoms with E-state index in [0.29, 0.717) is 0 Å². The Bertz CT molecular complexity index is 745. The molecule has 0 heteroatoms. The van der Waals surface area contributed by atoms with E-state index in [4.69, 9.17) is 0 Å². The molecule has 3 rings (SSSR count). The van der Waals surface area contributed by atoms with Crippen molar-refractivity contribution in [3.05, 3.63) is 65.9 Å². The number of hydrogen-bond acceptors (Lipinski definition) is 0. The van der Waals surface area contributed by atoms with Gasteiger partial charge >= 0.3 is 0 Å². The Morgan fingerprint density at radius 2 is 1.33 bits per heavy atom. The third kappa shape index (κ3) is 1.70. The highest BCUT2D eigenvalue weighted by atomic mass is 14.1. The molecule has 0 aliphatic carbocycles. The molecule has 0 bridgehead atoms. The molecule has 0 N–H and O–H groups in total. The van der Waals surface area contributed by atoms with Crippen LogP contribution in [0.1, 0.15) is 11.1 Å². The molecule has 0 saturated heterocycles. The highest BCUT2D eigenvalue weighted by Crippen LogP contribution is 2.28. The lowest BCUT2D eigenvalue weighted by molar-refractivity contribution is 1.50. The summed E-state index contributed by atoms with van der Waals surface area (Å²) in [7, 11) is 0. The van der Waals surface area contributed by atoms with Crippen LogP contribution >= 0.6 is 0 Å². The van der Waals surface area contributed by atoms with E-state index in [1.165, 1.54) is 32.7 Å². The van der Waals surface area contributed by atoms with Crippen molar-refractivity contribution in [2.24, 2.45) is 0 Å². The standard InChI is InChI=1S/C16H14.C2H4/c1-10-4-7-13-8-5-11(2)15-12(3)6-9-14(10)16(13)15;1-2/h4-9H,3H2,1-2H3;1-2H2. The molecule has 0 amide bonds. The van der Waals surface area contributed by atoms with Crippen LogP contribution in [0.2, 0.25) is 0 Å². The summed E-state index contributed by atoms with van der Waals surface area (Å²) in [6, 6.07) is 13.1. The average molecular weight is 234 g/mol. The van der Waals surface area contributed by atoms with Gasteiger partial charge in [0.1, 0.15) is 0 Å². The van der Waals surface area contributed by atoms with Crippen LogP contribution < -0.4 is 5.22 Å². The fourth-order valence-electron chi connectivity index (χ4n) is 2.55. The van der Waals surface area contributed by atoms with Crippen molar-refractivity contribution in [3.63, 3.8) is 0 Å². The molecule has 0 aliphatic rings. The van der Waals surface area contributed by atoms with E-state index in [1.807, 2.05) is 0 Å². The average Bonchev–Trinajstić information content (AvgIpc) is 2.40. The maximum Gasteiger partial charge on any atom is -0.00277 e. The lowest BCUT2D eigenvalue weighted by Crippen LogP contribution is -2.01. The monoisotopic (exact) mass is 234 g/mol. The molecule has 0 spiro atoms. The van der Waals surface area contributed by atoms with Crippen LogP contribution in [0.3, 0.4) is 0 Å². The molecule has 0 heterocycles. The van der Waals surface area contributed by atoms with Crippen molar-refractivity contribution in [1.29, 1.82) is 0 Å². The Labute approximate surface area is 108 Å². The summed E-state index contributed by atoms with van der Waals surface area (Å²) < 4.78 is 0. The van der Waals surface area contributed by atoms with Gasteiger partial charge < -0.3 is 0 Å². The zero-order valence-corrected chi connectivity index (χ0v) is 11.1. The van der Waals surface area contributed by atoms with Gasteiger partial charge in [0.25, 0.3) is 0 Å². The zero-order valence-electron chi connectivity index (χ0n) is 11.1. The highest BCUT2D eigenvalue weighted by Gasteiger charge is 2.06. The lowest BCUT2D eigenvalue weighted by atomic mass is 9.94. The van der Waals surface area contributed by atoms with Crippen molar-refractivity contribution >= 4 is 28.1 Å². The molecule has 0 nitrogen and oxygen atoms in total. The van der Waals surface area contributed by atoms with Gasteiger partial charge in [-0.05, 0) is 51.7 Å². The van der Waals surface area contributed by atoms with Gasteiger partial charge in [-0.25, -0.2) is 0 Å². The topological polar surface area (TPSA) is 0 Å². The van der Waals surface area contributed by atoms with Crippen LogP contribution in [0.15, 0.2) is 49.6 Å². The van der Waals surface area contributed by atoms with E-state index in [2.05, 4.69) is 70.0 Å². The SMILES string of the molecule is C=C.C=c1ccc2c(C)ccc3ccc(C)c1c32. The first kappa shape index (κ1) is 12.4. The lowest BCUT2D eigenvalue weighted by Gasteiger charge is -2.10. The van der Waals surface area contributed by atoms with Gasteiger partial charge in [0.15, 0.2) is 0 Å². The first-order valence-electron chi connectivity index (χ1n) is 6.09. The zero-order chi connectivity index (χ0) is 13.3. The Morgan fingerprint density at radius 1 is 0.722 bits per heavy atom. The van der Waals surface area contributed by atoms with Gasteiger partial charge in [-0.3, -0.25) is 0 Å². The molecule has 3 aromatic carbocycles. The minimum absolute atomic E-state index is 1.13. The third-order valence-electron chi connectivity index (χ3n) is 3.43. The van der Waals surface area contributed by atoms with E-state index >= 15 is 0 Å². The second-order valence-electron chi connectivity index (χ2n) is 4.51. The van der Waals surface area contributed by atoms with Crippen molar-refractivity contribution in [1.82, 2.24) is 0 Å². The normalized spacial score (nSPS) is 10.3. The Morgan fingerprint density at radius 3 is 2.00 bits per heavy atom. The summed E-state index contributed by atoms with van der Waals surface area (Å²) in [6.07, 6.45) is 0. The Balaban J connectivity index is 0.000000574. The van der Waals surface area contributed by atoms with E-state index < -0.39 is 0 Å². The minimum atomic E-state index is 1.13. The predicted octanol–water partition coefficient (Wildman–Crippen LogP) is 4.54. The highest BCUT2D eigenvalue weighted by molar-refractivity contribution is 6.12. The van der Waals surface area contributed by atoms with Crippen LogP contribution in [-0.4, -0.2) is 0 Å². The molecule has 0 saturated carbocycles. The van der Waals surface area contributed by atoms with Gasteiger partial charge in [-0.2, -0.15) is 0 Å². The van der Waals surface area contributed by atoms with E-state index in [-0.39, 0.29) is 0 Å². The summed E-state index contributed by atoms with van der Waals surface area (Å²) in [5.41, 5.74) is 2.65. The maximum absolute atomic E-state index is 4.14. The van der Waals surface area contributed by atoms with E-state index in [0.717, 1.165) is 5.22 Å². The number of benzene rings is 3. The van der Waals surface area contributed by atoms with Crippen molar-refractivity contribution in [3.8, 4) is 0 Å². The van der Waals surface area contributed by atoms with Crippen LogP contribution in [-0.2, 0) is 0 Å². The summed E-state index contributed by atoms with van der Waals surface area (Å²) in [4.78, 5) is 0. The van der Waals surface area contributed by atoms with Crippen molar-refractivity contribution < 1.29 is 0 Å². The van der Waals surface area contributed by atoms with Crippen LogP contribution in [0.5, 0.6) is 0 Å². The third-order valence-corrected chi connectivity index (χ3v) is 3.43.